The summed E-state index contributed by atoms with van der Waals surface area (Å²) >= 11 is 0. The predicted molar refractivity (Wildman–Crippen MR) is 37.8 cm³/mol. The summed E-state index contributed by atoms with van der Waals surface area (Å²) in [6.45, 7) is 0. The number of carbonyl (C=O) groups excluding carboxylic acids is 2. The number of hydrogen-bond acceptors (Lipinski definition) is 7. The monoisotopic (exact) mass is 296 g/mol. The van der Waals surface area contributed by atoms with Gasteiger partial charge in [0.15, 0.2) is 0 Å². The third kappa shape index (κ3) is 22.7. The minimum Gasteiger partial charge on any atom is -1.00 e. The van der Waals surface area contributed by atoms with Crippen molar-refractivity contribution < 1.29 is 80.8 Å². The molecule has 15 heteroatoms. The van der Waals surface area contributed by atoms with Crippen LogP contribution in [0.1, 0.15) is 1.43 Å². The van der Waals surface area contributed by atoms with Crippen molar-refractivity contribution in [3.05, 3.63) is 0 Å². The van der Waals surface area contributed by atoms with E-state index in [0.29, 0.717) is 0 Å². The summed E-state index contributed by atoms with van der Waals surface area (Å²) in [4.78, 5) is 19.8. The second-order valence-corrected chi connectivity index (χ2v) is 2.02. The molecule has 0 aromatic rings. The Morgan fingerprint density at radius 3 is 1.11 bits per heavy atom. The summed E-state index contributed by atoms with van der Waals surface area (Å²) in [5, 5.41) is 21.5. The van der Waals surface area contributed by atoms with Crippen LogP contribution in [0.2, 0.25) is 0 Å². The Morgan fingerprint density at radius 2 is 1.00 bits per heavy atom. The maximum absolute atomic E-state index is 11.2. The van der Waals surface area contributed by atoms with E-state index in [2.05, 4.69) is 9.47 Å². The van der Waals surface area contributed by atoms with Crippen LogP contribution in [0, 0.1) is 0 Å². The number of esters is 2. The number of ether oxygens (including phenoxy) is 2. The van der Waals surface area contributed by atoms with Crippen LogP contribution >= 0.6 is 0 Å². The van der Waals surface area contributed by atoms with Gasteiger partial charge in [-0.25, -0.2) is 9.59 Å². The summed E-state index contributed by atoms with van der Waals surface area (Å²) in [6, 6.07) is 0. The van der Waals surface area contributed by atoms with E-state index < -0.39 is 32.0 Å². The van der Waals surface area contributed by atoms with Crippen molar-refractivity contribution in [2.45, 2.75) is 12.7 Å². The van der Waals surface area contributed by atoms with E-state index in [1.54, 1.807) is 0 Å². The summed E-state index contributed by atoms with van der Waals surface area (Å²) in [6.07, 6.45) is -11.1. The molecule has 0 unspecified atom stereocenters. The molecule has 0 rings (SSSR count). The number of carbonyl (C=O) groups is 2. The van der Waals surface area contributed by atoms with Crippen molar-refractivity contribution in [1.82, 2.24) is 0 Å². The smallest absolute Gasteiger partial charge is 1.00 e. The molecule has 0 bridgehead atoms. The molecule has 0 spiro atoms. The van der Waals surface area contributed by atoms with E-state index in [-0.39, 0.29) is 20.3 Å². The molecule has 108 valence electrons. The quantitative estimate of drug-likeness (QED) is 0.182. The molecule has 7 nitrogen and oxygen atoms in total. The normalized spacial score (nSPS) is 10.4. The SMILES string of the molecule is O=C(OC(F)(F)F)C(=O)OC(F)(F)F.OB(O)O.[H-].[Li+]. The fourth-order valence-electron chi connectivity index (χ4n) is 0.294. The molecule has 0 aromatic carbocycles. The van der Waals surface area contributed by atoms with Gasteiger partial charge in [-0.1, -0.05) is 0 Å². The summed E-state index contributed by atoms with van der Waals surface area (Å²) < 4.78 is 71.7. The van der Waals surface area contributed by atoms with E-state index in [0.717, 1.165) is 0 Å². The molecule has 0 heterocycles. The Hall–Kier alpha value is -0.938. The topological polar surface area (TPSA) is 113 Å². The molecule has 0 aliphatic heterocycles. The Kier molecular flexibility index (Phi) is 11.0. The zero-order valence-corrected chi connectivity index (χ0v) is 8.82. The van der Waals surface area contributed by atoms with Crippen LogP contribution in [0.15, 0.2) is 0 Å². The van der Waals surface area contributed by atoms with Gasteiger partial charge >= 0.3 is 50.8 Å². The molecule has 0 saturated carbocycles. The molecule has 0 aliphatic rings. The van der Waals surface area contributed by atoms with E-state index >= 15 is 0 Å². The van der Waals surface area contributed by atoms with E-state index in [1.165, 1.54) is 0 Å². The average Bonchev–Trinajstić information content (AvgIpc) is 1.95. The van der Waals surface area contributed by atoms with Gasteiger partial charge in [-0.3, -0.25) is 0 Å². The number of hydrogen-bond donors (Lipinski definition) is 3. The van der Waals surface area contributed by atoms with Crippen molar-refractivity contribution in [3.8, 4) is 0 Å². The maximum atomic E-state index is 11.2. The van der Waals surface area contributed by atoms with Gasteiger partial charge in [-0.2, -0.15) is 0 Å². The van der Waals surface area contributed by atoms with Gasteiger partial charge in [-0.05, 0) is 0 Å². The predicted octanol–water partition coefficient (Wildman–Crippen LogP) is -3.82. The number of rotatable bonds is 0. The summed E-state index contributed by atoms with van der Waals surface area (Å²) in [5.41, 5.74) is 0. The Bertz CT molecular complexity index is 267. The Balaban J connectivity index is -0.000000188. The van der Waals surface area contributed by atoms with Crippen LogP contribution in [0.4, 0.5) is 26.3 Å². The minimum atomic E-state index is -5.54. The van der Waals surface area contributed by atoms with Crippen LogP contribution in [0.25, 0.3) is 0 Å². The van der Waals surface area contributed by atoms with Gasteiger partial charge in [0.1, 0.15) is 0 Å². The van der Waals surface area contributed by atoms with Gasteiger partial charge < -0.3 is 26.0 Å². The first-order chi connectivity index (χ1) is 7.74. The third-order valence-corrected chi connectivity index (χ3v) is 0.584. The van der Waals surface area contributed by atoms with Crippen molar-refractivity contribution in [1.29, 1.82) is 0 Å². The van der Waals surface area contributed by atoms with Gasteiger partial charge in [0.25, 0.3) is 0 Å². The molecule has 0 fully saturated rings. The van der Waals surface area contributed by atoms with Crippen LogP contribution in [-0.2, 0) is 19.1 Å². The standard InChI is InChI=1S/C4F6O4.BH3O3.Li.H/c5-3(6,7)13-1(11)2(12)14-4(8,9)10;2-1(3)4;;/h;2-4H;;/q;;+1;-1. The maximum Gasteiger partial charge on any atom is 1.00 e. The third-order valence-electron chi connectivity index (χ3n) is 0.584. The van der Waals surface area contributed by atoms with Crippen LogP contribution in [0.3, 0.4) is 0 Å². The van der Waals surface area contributed by atoms with Crippen molar-refractivity contribution in [2.24, 2.45) is 0 Å². The van der Waals surface area contributed by atoms with Crippen LogP contribution < -0.4 is 18.9 Å². The zero-order valence-electron chi connectivity index (χ0n) is 9.82. The number of halogens is 6. The van der Waals surface area contributed by atoms with E-state index in [9.17, 15) is 35.9 Å². The van der Waals surface area contributed by atoms with Crippen molar-refractivity contribution in [3.63, 3.8) is 0 Å². The zero-order chi connectivity index (χ0) is 15.1. The molecule has 0 radical (unpaired) electrons. The molecule has 19 heavy (non-hydrogen) atoms. The van der Waals surface area contributed by atoms with Gasteiger partial charge in [-0.15, -0.1) is 26.3 Å². The van der Waals surface area contributed by atoms with Crippen molar-refractivity contribution >= 4 is 19.3 Å². The first-order valence-electron chi connectivity index (χ1n) is 3.38. The Labute approximate surface area is 113 Å². The molecule has 0 aliphatic carbocycles. The molecule has 0 amide bonds. The van der Waals surface area contributed by atoms with Crippen molar-refractivity contribution in [2.75, 3.05) is 0 Å². The van der Waals surface area contributed by atoms with Gasteiger partial charge in [0.2, 0.25) is 0 Å². The van der Waals surface area contributed by atoms with E-state index in [1.807, 2.05) is 0 Å². The second kappa shape index (κ2) is 9.04. The molecule has 3 N–H and O–H groups in total. The summed E-state index contributed by atoms with van der Waals surface area (Å²) in [7, 11) is -2.17. The summed E-state index contributed by atoms with van der Waals surface area (Å²) in [5.74, 6) is -5.59. The fraction of sp³-hybridized carbons (Fsp3) is 0.500. The first kappa shape index (κ1) is 23.2. The molecule has 0 aromatic heterocycles. The molecule has 0 saturated heterocycles. The van der Waals surface area contributed by atoms with Crippen LogP contribution in [0.5, 0.6) is 0 Å². The molecular formula is C4H4BF6LiO7. The van der Waals surface area contributed by atoms with E-state index in [4.69, 9.17) is 15.1 Å². The fourth-order valence-corrected chi connectivity index (χ4v) is 0.294. The average molecular weight is 296 g/mol. The number of alkyl halides is 6. The first-order valence-corrected chi connectivity index (χ1v) is 3.38. The van der Waals surface area contributed by atoms with Gasteiger partial charge in [0, 0.05) is 0 Å². The second-order valence-electron chi connectivity index (χ2n) is 2.02. The molecular weight excluding hydrogens is 292 g/mol. The largest absolute Gasteiger partial charge is 1.00 e. The minimum absolute atomic E-state index is 0. The van der Waals surface area contributed by atoms with Gasteiger partial charge in [0.05, 0.1) is 0 Å². The molecule has 0 atom stereocenters. The van der Waals surface area contributed by atoms with Crippen LogP contribution in [-0.4, -0.2) is 47.1 Å². The Morgan fingerprint density at radius 1 is 0.842 bits per heavy atom.